The molecular formula is C14H19ClO3. The minimum Gasteiger partial charge on any atom is -0.382 e. The lowest BCUT2D eigenvalue weighted by atomic mass is 10.0. The predicted octanol–water partition coefficient (Wildman–Crippen LogP) is 2.92. The van der Waals surface area contributed by atoms with E-state index >= 15 is 0 Å². The average Bonchev–Trinajstić information content (AvgIpc) is 2.83. The molecule has 3 nitrogen and oxygen atoms in total. The van der Waals surface area contributed by atoms with Crippen molar-refractivity contribution in [2.24, 2.45) is 0 Å². The number of benzene rings is 1. The van der Waals surface area contributed by atoms with Crippen molar-refractivity contribution >= 4 is 11.6 Å². The normalized spacial score (nSPS) is 27.6. The van der Waals surface area contributed by atoms with E-state index in [1.165, 1.54) is 0 Å². The Morgan fingerprint density at radius 1 is 1.39 bits per heavy atom. The van der Waals surface area contributed by atoms with Gasteiger partial charge in [0.1, 0.15) is 6.10 Å². The molecule has 1 aromatic carbocycles. The minimum atomic E-state index is -0.653. The summed E-state index contributed by atoms with van der Waals surface area (Å²) in [5, 5.41) is 0. The van der Waals surface area contributed by atoms with Crippen molar-refractivity contribution in [3.05, 3.63) is 35.9 Å². The fraction of sp³-hybridized carbons (Fsp3) is 0.571. The van der Waals surface area contributed by atoms with Gasteiger partial charge in [0.2, 0.25) is 0 Å². The number of methoxy groups -OCH3 is 1. The lowest BCUT2D eigenvalue weighted by Gasteiger charge is -2.28. The summed E-state index contributed by atoms with van der Waals surface area (Å²) in [6.45, 7) is 1.11. The first-order valence-corrected chi connectivity index (χ1v) is 6.76. The van der Waals surface area contributed by atoms with E-state index in [-0.39, 0.29) is 6.10 Å². The summed E-state index contributed by atoms with van der Waals surface area (Å²) in [7, 11) is 1.67. The van der Waals surface area contributed by atoms with Crippen molar-refractivity contribution in [1.29, 1.82) is 0 Å². The zero-order valence-corrected chi connectivity index (χ0v) is 11.4. The molecule has 0 N–H and O–H groups in total. The Morgan fingerprint density at radius 2 is 2.17 bits per heavy atom. The molecule has 0 spiro atoms. The maximum Gasteiger partial charge on any atom is 0.195 e. The minimum absolute atomic E-state index is 0.00877. The van der Waals surface area contributed by atoms with Crippen LogP contribution in [-0.2, 0) is 20.0 Å². The van der Waals surface area contributed by atoms with Crippen LogP contribution in [0.3, 0.4) is 0 Å². The Kier molecular flexibility index (Phi) is 5.01. The Morgan fingerprint density at radius 3 is 2.83 bits per heavy atom. The number of hydrogen-bond donors (Lipinski definition) is 0. The van der Waals surface area contributed by atoms with Crippen molar-refractivity contribution in [2.45, 2.75) is 24.7 Å². The number of rotatable bonds is 6. The smallest absolute Gasteiger partial charge is 0.195 e. The van der Waals surface area contributed by atoms with Crippen LogP contribution in [0, 0.1) is 0 Å². The SMILES string of the molecule is COCC1COC(CCCCl)(c2ccccc2)O1. The van der Waals surface area contributed by atoms with Gasteiger partial charge in [-0.3, -0.25) is 0 Å². The van der Waals surface area contributed by atoms with E-state index in [0.29, 0.717) is 19.1 Å². The zero-order valence-electron chi connectivity index (χ0n) is 10.6. The van der Waals surface area contributed by atoms with Crippen molar-refractivity contribution in [3.8, 4) is 0 Å². The molecule has 0 radical (unpaired) electrons. The molecule has 2 atom stereocenters. The molecule has 2 rings (SSSR count). The second-order valence-corrected chi connectivity index (χ2v) is 4.80. The van der Waals surface area contributed by atoms with Gasteiger partial charge in [-0.1, -0.05) is 30.3 Å². The summed E-state index contributed by atoms with van der Waals surface area (Å²) in [4.78, 5) is 0. The number of hydrogen-bond acceptors (Lipinski definition) is 3. The Balaban J connectivity index is 2.15. The summed E-state index contributed by atoms with van der Waals surface area (Å²) >= 11 is 5.79. The Labute approximate surface area is 113 Å². The third kappa shape index (κ3) is 3.04. The van der Waals surface area contributed by atoms with Crippen LogP contribution >= 0.6 is 11.6 Å². The first kappa shape index (κ1) is 13.8. The maximum absolute atomic E-state index is 6.07. The first-order chi connectivity index (χ1) is 8.80. The van der Waals surface area contributed by atoms with E-state index in [4.69, 9.17) is 25.8 Å². The highest BCUT2D eigenvalue weighted by Gasteiger charge is 2.42. The van der Waals surface area contributed by atoms with E-state index in [2.05, 4.69) is 0 Å². The third-order valence-corrected chi connectivity index (χ3v) is 3.33. The standard InChI is InChI=1S/C14H19ClO3/c1-16-10-13-11-17-14(18-13,8-5-9-15)12-6-3-2-4-7-12/h2-4,6-7,13H,5,8-11H2,1H3. The second-order valence-electron chi connectivity index (χ2n) is 4.42. The molecule has 1 aliphatic heterocycles. The highest BCUT2D eigenvalue weighted by atomic mass is 35.5. The van der Waals surface area contributed by atoms with Crippen molar-refractivity contribution in [3.63, 3.8) is 0 Å². The first-order valence-electron chi connectivity index (χ1n) is 6.23. The van der Waals surface area contributed by atoms with Gasteiger partial charge in [-0.15, -0.1) is 11.6 Å². The third-order valence-electron chi connectivity index (χ3n) is 3.07. The number of halogens is 1. The molecule has 1 saturated heterocycles. The van der Waals surface area contributed by atoms with E-state index in [0.717, 1.165) is 18.4 Å². The largest absolute Gasteiger partial charge is 0.382 e. The highest BCUT2D eigenvalue weighted by Crippen LogP contribution is 2.38. The lowest BCUT2D eigenvalue weighted by Crippen LogP contribution is -2.29. The molecule has 1 aliphatic rings. The van der Waals surface area contributed by atoms with Gasteiger partial charge in [0.15, 0.2) is 5.79 Å². The van der Waals surface area contributed by atoms with Gasteiger partial charge in [-0.25, -0.2) is 0 Å². The monoisotopic (exact) mass is 270 g/mol. The van der Waals surface area contributed by atoms with Crippen LogP contribution in [0.5, 0.6) is 0 Å². The van der Waals surface area contributed by atoms with Crippen molar-refractivity contribution in [2.75, 3.05) is 26.2 Å². The summed E-state index contributed by atoms with van der Waals surface area (Å²) in [6, 6.07) is 10.0. The molecule has 0 amide bonds. The number of alkyl halides is 1. The molecule has 1 fully saturated rings. The fourth-order valence-electron chi connectivity index (χ4n) is 2.25. The topological polar surface area (TPSA) is 27.7 Å². The second kappa shape index (κ2) is 6.53. The molecule has 18 heavy (non-hydrogen) atoms. The molecule has 0 aliphatic carbocycles. The van der Waals surface area contributed by atoms with Gasteiger partial charge in [-0.05, 0) is 6.42 Å². The predicted molar refractivity (Wildman–Crippen MR) is 70.8 cm³/mol. The summed E-state index contributed by atoms with van der Waals surface area (Å²) < 4.78 is 17.1. The van der Waals surface area contributed by atoms with Crippen LogP contribution in [0.4, 0.5) is 0 Å². The van der Waals surface area contributed by atoms with E-state index < -0.39 is 5.79 Å². The fourth-order valence-corrected chi connectivity index (χ4v) is 2.38. The van der Waals surface area contributed by atoms with Crippen molar-refractivity contribution < 1.29 is 14.2 Å². The molecule has 0 aromatic heterocycles. The average molecular weight is 271 g/mol. The molecule has 0 saturated carbocycles. The van der Waals surface area contributed by atoms with Crippen molar-refractivity contribution in [1.82, 2.24) is 0 Å². The number of ether oxygens (including phenoxy) is 3. The van der Waals surface area contributed by atoms with Gasteiger partial charge in [0, 0.05) is 25.0 Å². The van der Waals surface area contributed by atoms with Gasteiger partial charge in [0.05, 0.1) is 13.2 Å². The van der Waals surface area contributed by atoms with E-state index in [9.17, 15) is 0 Å². The molecule has 1 heterocycles. The Hall–Kier alpha value is -0.610. The van der Waals surface area contributed by atoms with E-state index in [1.807, 2.05) is 30.3 Å². The van der Waals surface area contributed by atoms with Gasteiger partial charge < -0.3 is 14.2 Å². The molecule has 2 unspecified atom stereocenters. The van der Waals surface area contributed by atoms with Gasteiger partial charge in [0.25, 0.3) is 0 Å². The molecule has 100 valence electrons. The highest BCUT2D eigenvalue weighted by molar-refractivity contribution is 6.17. The summed E-state index contributed by atoms with van der Waals surface area (Å²) in [6.07, 6.45) is 1.61. The van der Waals surface area contributed by atoms with Gasteiger partial charge in [-0.2, -0.15) is 0 Å². The maximum atomic E-state index is 6.07. The van der Waals surface area contributed by atoms with E-state index in [1.54, 1.807) is 7.11 Å². The van der Waals surface area contributed by atoms with Crippen LogP contribution in [0.25, 0.3) is 0 Å². The Bertz CT molecular complexity index is 357. The van der Waals surface area contributed by atoms with Crippen LogP contribution in [0.15, 0.2) is 30.3 Å². The molecular weight excluding hydrogens is 252 g/mol. The molecule has 0 bridgehead atoms. The van der Waals surface area contributed by atoms with Crippen LogP contribution < -0.4 is 0 Å². The quantitative estimate of drug-likeness (QED) is 0.744. The van der Waals surface area contributed by atoms with Crippen LogP contribution in [0.2, 0.25) is 0 Å². The lowest BCUT2D eigenvalue weighted by molar-refractivity contribution is -0.185. The van der Waals surface area contributed by atoms with Crippen LogP contribution in [-0.4, -0.2) is 32.3 Å². The molecule has 4 heteroatoms. The van der Waals surface area contributed by atoms with Gasteiger partial charge >= 0.3 is 0 Å². The zero-order chi connectivity index (χ0) is 12.8. The summed E-state index contributed by atoms with van der Waals surface area (Å²) in [5.74, 6) is -0.0460. The van der Waals surface area contributed by atoms with Crippen LogP contribution in [0.1, 0.15) is 18.4 Å². The summed E-state index contributed by atoms with van der Waals surface area (Å²) in [5.41, 5.74) is 1.05. The molecule has 1 aromatic rings.